The van der Waals surface area contributed by atoms with Gasteiger partial charge in [0, 0.05) is 31.1 Å². The molecule has 220 valence electrons. The van der Waals surface area contributed by atoms with Gasteiger partial charge in [0.2, 0.25) is 5.91 Å². The summed E-state index contributed by atoms with van der Waals surface area (Å²) >= 11 is 1.24. The molecule has 2 aromatic heterocycles. The quantitative estimate of drug-likeness (QED) is 0.160. The molecule has 4 aromatic rings. The number of hydrogen-bond donors (Lipinski definition) is 1. The van der Waals surface area contributed by atoms with Crippen LogP contribution < -0.4 is 26.0 Å². The molecule has 0 aliphatic carbocycles. The van der Waals surface area contributed by atoms with Crippen molar-refractivity contribution in [3.05, 3.63) is 69.6 Å². The molecule has 1 N–H and O–H groups in total. The summed E-state index contributed by atoms with van der Waals surface area (Å²) < 4.78 is 38.8. The van der Waals surface area contributed by atoms with Gasteiger partial charge < -0.3 is 14.8 Å². The number of carbonyl (C=O) groups is 1. The van der Waals surface area contributed by atoms with Crippen LogP contribution in [0, 0.1) is 0 Å². The van der Waals surface area contributed by atoms with E-state index in [1.807, 2.05) is 0 Å². The number of nitrogens with zero attached hydrogens (tertiary/aromatic N) is 4. The number of carbonyl (C=O) groups excluding carboxylic acids is 1. The average Bonchev–Trinajstić information content (AvgIpc) is 2.99. The third kappa shape index (κ3) is 5.77. The Bertz CT molecular complexity index is 1870. The van der Waals surface area contributed by atoms with Crippen LogP contribution in [-0.2, 0) is 27.7 Å². The minimum atomic E-state index is -3.80. The molecule has 0 saturated heterocycles. The Kier molecular flexibility index (Phi) is 8.64. The van der Waals surface area contributed by atoms with Gasteiger partial charge in [-0.2, -0.15) is 0 Å². The second-order valence-corrected chi connectivity index (χ2v) is 12.5. The number of ether oxygens (including phenoxy) is 2. The predicted molar refractivity (Wildman–Crippen MR) is 158 cm³/mol. The molecule has 0 radical (unpaired) electrons. The summed E-state index contributed by atoms with van der Waals surface area (Å²) in [6.45, 7) is 0.433. The van der Waals surface area contributed by atoms with Crippen molar-refractivity contribution in [2.45, 2.75) is 36.0 Å². The van der Waals surface area contributed by atoms with Crippen LogP contribution in [0.5, 0.6) is 11.5 Å². The predicted octanol–water partition coefficient (Wildman–Crippen LogP) is 2.11. The van der Waals surface area contributed by atoms with Crippen LogP contribution in [0.2, 0.25) is 0 Å². The van der Waals surface area contributed by atoms with Crippen molar-refractivity contribution >= 4 is 38.4 Å². The standard InChI is InChI=1S/C28H29N5O7S2/c1-39-21-14-19-20(15-22(21)40-2)30-17-31-25(19)41-16-23(34)29-10-6-11-32-26(35)24(18-8-4-3-5-9-18)27-33(28(32)36)12-7-13-42(27,37)38/h3-5,8-9,14-15,17H,6-7,10-13,16H2,1-2H3,(H,29,34). The van der Waals surface area contributed by atoms with E-state index in [2.05, 4.69) is 15.3 Å². The molecule has 0 fully saturated rings. The van der Waals surface area contributed by atoms with E-state index < -0.39 is 21.1 Å². The smallest absolute Gasteiger partial charge is 0.332 e. The summed E-state index contributed by atoms with van der Waals surface area (Å²) in [4.78, 5) is 47.9. The van der Waals surface area contributed by atoms with Gasteiger partial charge in [-0.1, -0.05) is 42.1 Å². The number of benzene rings is 2. The van der Waals surface area contributed by atoms with Crippen molar-refractivity contribution in [3.63, 3.8) is 0 Å². The third-order valence-electron chi connectivity index (χ3n) is 6.86. The average molecular weight is 612 g/mol. The molecule has 1 aliphatic heterocycles. The molecular weight excluding hydrogens is 582 g/mol. The zero-order valence-corrected chi connectivity index (χ0v) is 24.7. The van der Waals surface area contributed by atoms with E-state index in [1.165, 1.54) is 36.9 Å². The largest absolute Gasteiger partial charge is 0.493 e. The summed E-state index contributed by atoms with van der Waals surface area (Å²) in [7, 11) is -0.731. The number of thioether (sulfide) groups is 1. The molecule has 12 nitrogen and oxygen atoms in total. The molecule has 0 unspecified atom stereocenters. The third-order valence-corrected chi connectivity index (χ3v) is 9.70. The van der Waals surface area contributed by atoms with Gasteiger partial charge in [-0.3, -0.25) is 18.7 Å². The van der Waals surface area contributed by atoms with Gasteiger partial charge in [-0.25, -0.2) is 23.2 Å². The number of aromatic nitrogens is 4. The number of methoxy groups -OCH3 is 2. The fraction of sp³-hybridized carbons (Fsp3) is 0.321. The van der Waals surface area contributed by atoms with E-state index in [1.54, 1.807) is 42.5 Å². The summed E-state index contributed by atoms with van der Waals surface area (Å²) in [5.41, 5.74) is -0.240. The van der Waals surface area contributed by atoms with Crippen molar-refractivity contribution in [1.82, 2.24) is 24.4 Å². The lowest BCUT2D eigenvalue weighted by Crippen LogP contribution is -2.45. The molecule has 1 aliphatic rings. The zero-order valence-electron chi connectivity index (χ0n) is 23.0. The van der Waals surface area contributed by atoms with Crippen molar-refractivity contribution in [2.24, 2.45) is 0 Å². The van der Waals surface area contributed by atoms with Crippen molar-refractivity contribution < 1.29 is 22.7 Å². The van der Waals surface area contributed by atoms with Gasteiger partial charge in [0.05, 0.1) is 36.8 Å². The lowest BCUT2D eigenvalue weighted by Gasteiger charge is -2.23. The van der Waals surface area contributed by atoms with E-state index in [0.29, 0.717) is 34.0 Å². The molecule has 14 heteroatoms. The SMILES string of the molecule is COc1cc2ncnc(SCC(=O)NCCCn3c(=O)c(-c4ccccc4)c4n(c3=O)CCCS4(=O)=O)c2cc1OC. The first-order valence-electron chi connectivity index (χ1n) is 13.2. The highest BCUT2D eigenvalue weighted by Gasteiger charge is 2.32. The van der Waals surface area contributed by atoms with Gasteiger partial charge in [0.1, 0.15) is 11.4 Å². The van der Waals surface area contributed by atoms with Gasteiger partial charge >= 0.3 is 5.69 Å². The number of rotatable bonds is 10. The summed E-state index contributed by atoms with van der Waals surface area (Å²) in [5.74, 6) is 0.766. The summed E-state index contributed by atoms with van der Waals surface area (Å²) in [6, 6.07) is 12.0. The van der Waals surface area contributed by atoms with Crippen molar-refractivity contribution in [1.29, 1.82) is 0 Å². The van der Waals surface area contributed by atoms with E-state index in [-0.39, 0.29) is 54.1 Å². The Morgan fingerprint density at radius 1 is 1.07 bits per heavy atom. The minimum absolute atomic E-state index is 0.00154. The lowest BCUT2D eigenvalue weighted by atomic mass is 10.1. The first-order chi connectivity index (χ1) is 20.2. The molecule has 0 atom stereocenters. The molecule has 0 spiro atoms. The molecule has 2 aromatic carbocycles. The Hall–Kier alpha value is -4.17. The zero-order chi connectivity index (χ0) is 29.9. The van der Waals surface area contributed by atoms with Crippen LogP contribution in [0.15, 0.2) is 68.4 Å². The molecule has 0 bridgehead atoms. The normalized spacial score (nSPS) is 13.9. The van der Waals surface area contributed by atoms with Gasteiger partial charge in [-0.15, -0.1) is 0 Å². The fourth-order valence-corrected chi connectivity index (χ4v) is 7.42. The van der Waals surface area contributed by atoms with E-state index >= 15 is 0 Å². The first kappa shape index (κ1) is 29.3. The molecule has 1 amide bonds. The maximum Gasteiger partial charge on any atom is 0.332 e. The van der Waals surface area contributed by atoms with Crippen LogP contribution in [0.3, 0.4) is 0 Å². The van der Waals surface area contributed by atoms with Crippen molar-refractivity contribution in [2.75, 3.05) is 32.3 Å². The second-order valence-electron chi connectivity index (χ2n) is 9.50. The molecular formula is C28H29N5O7S2. The highest BCUT2D eigenvalue weighted by Crippen LogP contribution is 2.34. The fourth-order valence-electron chi connectivity index (χ4n) is 4.88. The maximum atomic E-state index is 13.5. The summed E-state index contributed by atoms with van der Waals surface area (Å²) in [6.07, 6.45) is 1.99. The number of nitrogens with one attached hydrogen (secondary N) is 1. The van der Waals surface area contributed by atoms with Crippen LogP contribution in [0.25, 0.3) is 22.0 Å². The first-order valence-corrected chi connectivity index (χ1v) is 15.8. The molecule has 5 rings (SSSR count). The Labute approximate surface area is 245 Å². The Balaban J connectivity index is 1.28. The lowest BCUT2D eigenvalue weighted by molar-refractivity contribution is -0.118. The number of sulfone groups is 1. The highest BCUT2D eigenvalue weighted by atomic mass is 32.2. The topological polar surface area (TPSA) is 151 Å². The molecule has 0 saturated carbocycles. The maximum absolute atomic E-state index is 13.5. The van der Waals surface area contributed by atoms with E-state index in [4.69, 9.17) is 9.47 Å². The Morgan fingerprint density at radius 2 is 1.81 bits per heavy atom. The van der Waals surface area contributed by atoms with Gasteiger partial charge in [-0.05, 0) is 24.5 Å². The monoisotopic (exact) mass is 611 g/mol. The van der Waals surface area contributed by atoms with E-state index in [9.17, 15) is 22.8 Å². The van der Waals surface area contributed by atoms with Gasteiger partial charge in [0.15, 0.2) is 26.4 Å². The van der Waals surface area contributed by atoms with Crippen LogP contribution in [0.4, 0.5) is 0 Å². The van der Waals surface area contributed by atoms with Gasteiger partial charge in [0.25, 0.3) is 5.56 Å². The molecule has 42 heavy (non-hydrogen) atoms. The second kappa shape index (κ2) is 12.4. The number of amides is 1. The number of fused-ring (bicyclic) bond motifs is 2. The number of hydrogen-bond acceptors (Lipinski definition) is 10. The van der Waals surface area contributed by atoms with Crippen LogP contribution in [-0.4, -0.2) is 65.7 Å². The van der Waals surface area contributed by atoms with Crippen molar-refractivity contribution in [3.8, 4) is 22.6 Å². The summed E-state index contributed by atoms with van der Waals surface area (Å²) in [5, 5.41) is 3.91. The van der Waals surface area contributed by atoms with E-state index in [0.717, 1.165) is 9.95 Å². The highest BCUT2D eigenvalue weighted by molar-refractivity contribution is 8.00. The van der Waals surface area contributed by atoms with Crippen LogP contribution >= 0.6 is 11.8 Å². The minimum Gasteiger partial charge on any atom is -0.493 e. The Morgan fingerprint density at radius 3 is 2.55 bits per heavy atom. The van der Waals surface area contributed by atoms with Crippen LogP contribution in [0.1, 0.15) is 12.8 Å². The molecule has 3 heterocycles.